The van der Waals surface area contributed by atoms with Crippen LogP contribution in [0.4, 0.5) is 0 Å². The third-order valence-corrected chi connectivity index (χ3v) is 7.33. The van der Waals surface area contributed by atoms with Crippen molar-refractivity contribution in [1.29, 1.82) is 0 Å². The SMILES string of the molecule is O=C(OCC1=CC=CC(CO)(CNCCCCCCOCCCCc2ccccc2)C1)C(Cl)=Cc1ccccc1. The van der Waals surface area contributed by atoms with Crippen LogP contribution in [0, 0.1) is 5.41 Å². The molecule has 0 aliphatic heterocycles. The Kier molecular flexibility index (Phi) is 14.8. The molecule has 2 aromatic rings. The van der Waals surface area contributed by atoms with E-state index in [2.05, 4.69) is 35.6 Å². The number of esters is 1. The zero-order valence-electron chi connectivity index (χ0n) is 23.5. The molecule has 0 radical (unpaired) electrons. The van der Waals surface area contributed by atoms with Crippen molar-refractivity contribution in [2.45, 2.75) is 51.4 Å². The normalized spacial score (nSPS) is 17.1. The molecule has 0 heterocycles. The first-order valence-corrected chi connectivity index (χ1v) is 14.9. The summed E-state index contributed by atoms with van der Waals surface area (Å²) in [6.45, 7) is 3.44. The van der Waals surface area contributed by atoms with Gasteiger partial charge in [0.2, 0.25) is 0 Å². The molecular formula is C34H44ClNO4. The highest BCUT2D eigenvalue weighted by Crippen LogP contribution is 2.31. The van der Waals surface area contributed by atoms with Gasteiger partial charge in [-0.05, 0) is 67.8 Å². The van der Waals surface area contributed by atoms with Gasteiger partial charge in [-0.2, -0.15) is 0 Å². The third-order valence-electron chi connectivity index (χ3n) is 7.07. The van der Waals surface area contributed by atoms with Gasteiger partial charge in [-0.3, -0.25) is 0 Å². The number of ether oxygens (including phenoxy) is 2. The first-order chi connectivity index (χ1) is 19.6. The van der Waals surface area contributed by atoms with E-state index in [1.54, 1.807) is 6.08 Å². The Morgan fingerprint density at radius 1 is 0.950 bits per heavy atom. The molecule has 2 aromatic carbocycles. The lowest BCUT2D eigenvalue weighted by molar-refractivity contribution is -0.137. The van der Waals surface area contributed by atoms with Crippen LogP contribution in [-0.2, 0) is 20.7 Å². The summed E-state index contributed by atoms with van der Waals surface area (Å²) in [5.74, 6) is -0.554. The molecular weight excluding hydrogens is 522 g/mol. The molecule has 3 rings (SSSR count). The quantitative estimate of drug-likeness (QED) is 0.111. The van der Waals surface area contributed by atoms with Crippen LogP contribution in [-0.4, -0.2) is 50.6 Å². The Morgan fingerprint density at radius 2 is 1.65 bits per heavy atom. The Bertz CT molecular complexity index is 1080. The number of hydrogen-bond acceptors (Lipinski definition) is 5. The zero-order valence-corrected chi connectivity index (χ0v) is 24.3. The second-order valence-electron chi connectivity index (χ2n) is 10.5. The van der Waals surface area contributed by atoms with Gasteiger partial charge in [0.15, 0.2) is 0 Å². The van der Waals surface area contributed by atoms with Crippen molar-refractivity contribution in [3.63, 3.8) is 0 Å². The van der Waals surface area contributed by atoms with Crippen LogP contribution < -0.4 is 5.32 Å². The maximum absolute atomic E-state index is 12.3. The number of hydrogen-bond donors (Lipinski definition) is 2. The molecule has 2 N–H and O–H groups in total. The molecule has 0 spiro atoms. The Labute approximate surface area is 244 Å². The molecule has 5 nitrogen and oxygen atoms in total. The molecule has 40 heavy (non-hydrogen) atoms. The van der Waals surface area contributed by atoms with Crippen LogP contribution in [0.25, 0.3) is 6.08 Å². The van der Waals surface area contributed by atoms with E-state index < -0.39 is 11.4 Å². The third kappa shape index (κ3) is 12.2. The van der Waals surface area contributed by atoms with Crippen LogP contribution >= 0.6 is 11.6 Å². The summed E-state index contributed by atoms with van der Waals surface area (Å²) < 4.78 is 11.2. The lowest BCUT2D eigenvalue weighted by Gasteiger charge is -2.32. The number of carbonyl (C=O) groups excluding carboxylic acids is 1. The summed E-state index contributed by atoms with van der Waals surface area (Å²) in [5.41, 5.74) is 2.80. The number of aliphatic hydroxyl groups is 1. The van der Waals surface area contributed by atoms with E-state index in [0.717, 1.165) is 69.4 Å². The largest absolute Gasteiger partial charge is 0.457 e. The fourth-order valence-corrected chi connectivity index (χ4v) is 4.93. The van der Waals surface area contributed by atoms with Crippen LogP contribution in [0.1, 0.15) is 56.1 Å². The molecule has 1 aliphatic carbocycles. The van der Waals surface area contributed by atoms with E-state index in [4.69, 9.17) is 21.1 Å². The van der Waals surface area contributed by atoms with Crippen LogP contribution in [0.2, 0.25) is 0 Å². The van der Waals surface area contributed by atoms with Crippen molar-refractivity contribution in [2.75, 3.05) is 39.5 Å². The fraction of sp³-hybridized carbons (Fsp3) is 0.441. The van der Waals surface area contributed by atoms with Crippen molar-refractivity contribution >= 4 is 23.6 Å². The second kappa shape index (κ2) is 18.6. The standard InChI is InChI=1S/C34H44ClNO4/c35-32(24-30-17-7-4-8-18-30)33(38)40-26-31-19-13-20-34(25-31,28-37)27-36-21-10-1-2-11-22-39-23-12-9-16-29-14-5-3-6-15-29/h3-8,13-15,17-20,24,36-37H,1-2,9-12,16,21-23,25-28H2. The number of halogens is 1. The van der Waals surface area contributed by atoms with Gasteiger partial charge in [0.1, 0.15) is 11.6 Å². The van der Waals surface area contributed by atoms with Gasteiger partial charge in [0.05, 0.1) is 6.61 Å². The highest BCUT2D eigenvalue weighted by molar-refractivity contribution is 6.43. The van der Waals surface area contributed by atoms with E-state index in [-0.39, 0.29) is 18.2 Å². The number of carbonyl (C=O) groups is 1. The van der Waals surface area contributed by atoms with Gasteiger partial charge >= 0.3 is 5.97 Å². The van der Waals surface area contributed by atoms with Crippen molar-refractivity contribution in [1.82, 2.24) is 5.32 Å². The van der Waals surface area contributed by atoms with Crippen molar-refractivity contribution in [3.05, 3.63) is 101 Å². The van der Waals surface area contributed by atoms with Crippen LogP contribution in [0.5, 0.6) is 0 Å². The number of aryl methyl sites for hydroxylation is 1. The van der Waals surface area contributed by atoms with Gasteiger partial charge in [0, 0.05) is 25.2 Å². The average molecular weight is 566 g/mol. The lowest BCUT2D eigenvalue weighted by Crippen LogP contribution is -2.38. The minimum Gasteiger partial charge on any atom is -0.457 e. The Morgan fingerprint density at radius 3 is 2.40 bits per heavy atom. The molecule has 0 aromatic heterocycles. The molecule has 0 amide bonds. The first-order valence-electron chi connectivity index (χ1n) is 14.5. The molecule has 216 valence electrons. The summed E-state index contributed by atoms with van der Waals surface area (Å²) in [5, 5.41) is 13.7. The minimum atomic E-state index is -0.554. The van der Waals surface area contributed by atoms with Crippen LogP contribution in [0.15, 0.2) is 89.5 Å². The number of rotatable bonds is 19. The molecule has 1 aliphatic rings. The number of allylic oxidation sites excluding steroid dienone is 2. The van der Waals surface area contributed by atoms with Gasteiger partial charge in [0.25, 0.3) is 0 Å². The monoisotopic (exact) mass is 565 g/mol. The Hall–Kier alpha value is -2.70. The van der Waals surface area contributed by atoms with Crippen molar-refractivity contribution in [3.8, 4) is 0 Å². The van der Waals surface area contributed by atoms with Gasteiger partial charge in [-0.1, -0.05) is 103 Å². The fourth-order valence-electron chi connectivity index (χ4n) is 4.75. The molecule has 1 atom stereocenters. The summed E-state index contributed by atoms with van der Waals surface area (Å²) >= 11 is 6.15. The summed E-state index contributed by atoms with van der Waals surface area (Å²) in [6.07, 6.45) is 16.1. The molecule has 0 saturated carbocycles. The Balaban J connectivity index is 1.21. The number of nitrogens with one attached hydrogen (secondary N) is 1. The van der Waals surface area contributed by atoms with E-state index in [1.807, 2.05) is 48.6 Å². The van der Waals surface area contributed by atoms with Gasteiger partial charge < -0.3 is 19.9 Å². The van der Waals surface area contributed by atoms with Gasteiger partial charge in [-0.15, -0.1) is 0 Å². The summed E-state index contributed by atoms with van der Waals surface area (Å²) in [4.78, 5) is 12.3. The van der Waals surface area contributed by atoms with Crippen LogP contribution in [0.3, 0.4) is 0 Å². The maximum atomic E-state index is 12.3. The smallest absolute Gasteiger partial charge is 0.350 e. The van der Waals surface area contributed by atoms with E-state index in [1.165, 1.54) is 12.0 Å². The van der Waals surface area contributed by atoms with Crippen molar-refractivity contribution in [2.24, 2.45) is 5.41 Å². The molecule has 0 bridgehead atoms. The predicted molar refractivity (Wildman–Crippen MR) is 164 cm³/mol. The van der Waals surface area contributed by atoms with E-state index in [0.29, 0.717) is 13.0 Å². The molecule has 6 heteroatoms. The van der Waals surface area contributed by atoms with E-state index >= 15 is 0 Å². The molecule has 0 fully saturated rings. The highest BCUT2D eigenvalue weighted by atomic mass is 35.5. The lowest BCUT2D eigenvalue weighted by atomic mass is 9.79. The second-order valence-corrected chi connectivity index (χ2v) is 10.9. The summed E-state index contributed by atoms with van der Waals surface area (Å²) in [7, 11) is 0. The number of unbranched alkanes of at least 4 members (excludes halogenated alkanes) is 4. The average Bonchev–Trinajstić information content (AvgIpc) is 2.99. The van der Waals surface area contributed by atoms with Gasteiger partial charge in [-0.25, -0.2) is 4.79 Å². The number of benzene rings is 2. The predicted octanol–water partition coefficient (Wildman–Crippen LogP) is 6.86. The first kappa shape index (κ1) is 31.8. The topological polar surface area (TPSA) is 67.8 Å². The number of aliphatic hydroxyl groups excluding tert-OH is 1. The highest BCUT2D eigenvalue weighted by Gasteiger charge is 2.29. The maximum Gasteiger partial charge on any atom is 0.350 e. The minimum absolute atomic E-state index is 0.0269. The van der Waals surface area contributed by atoms with Crippen molar-refractivity contribution < 1.29 is 19.4 Å². The molecule has 0 saturated heterocycles. The zero-order chi connectivity index (χ0) is 28.3. The summed E-state index contributed by atoms with van der Waals surface area (Å²) in [6, 6.07) is 20.0. The molecule has 1 unspecified atom stereocenters. The van der Waals surface area contributed by atoms with E-state index in [9.17, 15) is 9.90 Å².